The first-order chi connectivity index (χ1) is 9.26. The number of sulfone groups is 1. The molecule has 0 bridgehead atoms. The Kier molecular flexibility index (Phi) is 5.26. The van der Waals surface area contributed by atoms with Gasteiger partial charge in [0.15, 0.2) is 9.84 Å². The number of carbonyl (C=O) groups excluding carboxylic acids is 1. The van der Waals surface area contributed by atoms with Gasteiger partial charge < -0.3 is 10.4 Å². The molecule has 110 valence electrons. The third kappa shape index (κ3) is 4.34. The van der Waals surface area contributed by atoms with Crippen LogP contribution in [0.25, 0.3) is 0 Å². The first kappa shape index (κ1) is 16.2. The molecule has 1 rings (SSSR count). The second-order valence-corrected chi connectivity index (χ2v) is 6.46. The van der Waals surface area contributed by atoms with E-state index < -0.39 is 27.5 Å². The highest BCUT2D eigenvalue weighted by atomic mass is 32.2. The van der Waals surface area contributed by atoms with Gasteiger partial charge in [0.05, 0.1) is 10.5 Å². The second-order valence-electron chi connectivity index (χ2n) is 4.47. The lowest BCUT2D eigenvalue weighted by Crippen LogP contribution is -2.36. The molecule has 0 saturated heterocycles. The summed E-state index contributed by atoms with van der Waals surface area (Å²) >= 11 is 0. The molecule has 7 heteroatoms. The van der Waals surface area contributed by atoms with Crippen molar-refractivity contribution in [3.05, 3.63) is 29.8 Å². The summed E-state index contributed by atoms with van der Waals surface area (Å²) in [5.41, 5.74) is -0.131. The highest BCUT2D eigenvalue weighted by Gasteiger charge is 2.21. The number of carboxylic acid groups (broad SMARTS) is 1. The lowest BCUT2D eigenvalue weighted by molar-refractivity contribution is -0.119. The molecule has 1 atom stereocenters. The van der Waals surface area contributed by atoms with E-state index in [2.05, 4.69) is 5.32 Å². The van der Waals surface area contributed by atoms with E-state index in [1.807, 2.05) is 6.92 Å². The highest BCUT2D eigenvalue weighted by molar-refractivity contribution is 7.92. The zero-order valence-corrected chi connectivity index (χ0v) is 12.1. The number of carboxylic acids is 1. The van der Waals surface area contributed by atoms with Crippen LogP contribution in [0.15, 0.2) is 29.2 Å². The predicted octanol–water partition coefficient (Wildman–Crippen LogP) is 1.07. The molecule has 0 aromatic heterocycles. The molecule has 0 aliphatic carbocycles. The van der Waals surface area contributed by atoms with Crippen molar-refractivity contribution >= 4 is 21.7 Å². The molecule has 0 fully saturated rings. The number of hydrogen-bond donors (Lipinski definition) is 2. The van der Waals surface area contributed by atoms with Gasteiger partial charge in [0.1, 0.15) is 5.75 Å². The fourth-order valence-corrected chi connectivity index (χ4v) is 2.68. The van der Waals surface area contributed by atoms with Gasteiger partial charge in [0, 0.05) is 6.04 Å². The molecule has 20 heavy (non-hydrogen) atoms. The molecular weight excluding hydrogens is 282 g/mol. The molecule has 2 N–H and O–H groups in total. The lowest BCUT2D eigenvalue weighted by Gasteiger charge is -2.11. The molecule has 0 aliphatic rings. The quantitative estimate of drug-likeness (QED) is 0.818. The second kappa shape index (κ2) is 6.51. The Morgan fingerprint density at radius 3 is 2.55 bits per heavy atom. The maximum absolute atomic E-state index is 12.0. The van der Waals surface area contributed by atoms with Gasteiger partial charge in [-0.1, -0.05) is 13.0 Å². The number of amides is 1. The average molecular weight is 299 g/mol. The van der Waals surface area contributed by atoms with Crippen LogP contribution in [0.1, 0.15) is 30.6 Å². The van der Waals surface area contributed by atoms with Crippen molar-refractivity contribution in [3.8, 4) is 0 Å². The van der Waals surface area contributed by atoms with Crippen LogP contribution in [0, 0.1) is 0 Å². The van der Waals surface area contributed by atoms with Crippen molar-refractivity contribution in [1.29, 1.82) is 0 Å². The monoisotopic (exact) mass is 299 g/mol. The van der Waals surface area contributed by atoms with Crippen LogP contribution in [0.3, 0.4) is 0 Å². The summed E-state index contributed by atoms with van der Waals surface area (Å²) in [6.07, 6.45) is 0.695. The molecule has 1 amide bonds. The fourth-order valence-electron chi connectivity index (χ4n) is 1.50. The molecule has 0 radical (unpaired) electrons. The summed E-state index contributed by atoms with van der Waals surface area (Å²) in [5, 5.41) is 11.4. The Bertz CT molecular complexity index is 609. The minimum Gasteiger partial charge on any atom is -0.478 e. The maximum atomic E-state index is 12.0. The van der Waals surface area contributed by atoms with E-state index in [9.17, 15) is 18.0 Å². The van der Waals surface area contributed by atoms with Gasteiger partial charge in [-0.25, -0.2) is 13.2 Å². The molecule has 1 aromatic rings. The smallest absolute Gasteiger partial charge is 0.335 e. The average Bonchev–Trinajstić information content (AvgIpc) is 2.37. The van der Waals surface area contributed by atoms with Crippen molar-refractivity contribution in [2.75, 3.05) is 5.75 Å². The first-order valence-electron chi connectivity index (χ1n) is 6.11. The van der Waals surface area contributed by atoms with E-state index in [0.717, 1.165) is 6.07 Å². The molecule has 0 aliphatic heterocycles. The van der Waals surface area contributed by atoms with E-state index in [0.29, 0.717) is 6.42 Å². The summed E-state index contributed by atoms with van der Waals surface area (Å²) in [6.45, 7) is 3.64. The fraction of sp³-hybridized carbons (Fsp3) is 0.385. The lowest BCUT2D eigenvalue weighted by atomic mass is 10.2. The summed E-state index contributed by atoms with van der Waals surface area (Å²) in [4.78, 5) is 22.3. The number of carbonyl (C=O) groups is 2. The summed E-state index contributed by atoms with van der Waals surface area (Å²) in [7, 11) is -3.84. The van der Waals surface area contributed by atoms with E-state index in [4.69, 9.17) is 5.11 Å². The number of nitrogens with one attached hydrogen (secondary N) is 1. The van der Waals surface area contributed by atoms with Crippen molar-refractivity contribution in [1.82, 2.24) is 5.32 Å². The number of rotatable bonds is 6. The van der Waals surface area contributed by atoms with Gasteiger partial charge in [-0.2, -0.15) is 0 Å². The van der Waals surface area contributed by atoms with Crippen molar-refractivity contribution in [3.63, 3.8) is 0 Å². The minimum absolute atomic E-state index is 0.108. The first-order valence-corrected chi connectivity index (χ1v) is 7.77. The third-order valence-electron chi connectivity index (χ3n) is 2.78. The summed E-state index contributed by atoms with van der Waals surface area (Å²) in [5.74, 6) is -2.51. The molecule has 6 nitrogen and oxygen atoms in total. The SMILES string of the molecule is CCC(C)NC(=O)CS(=O)(=O)c1cccc(C(=O)O)c1. The Morgan fingerprint density at radius 1 is 1.35 bits per heavy atom. The van der Waals surface area contributed by atoms with Crippen LogP contribution in [0.4, 0.5) is 0 Å². The topological polar surface area (TPSA) is 101 Å². The van der Waals surface area contributed by atoms with Gasteiger partial charge in [-0.15, -0.1) is 0 Å². The van der Waals surface area contributed by atoms with Crippen LogP contribution in [-0.2, 0) is 14.6 Å². The van der Waals surface area contributed by atoms with Gasteiger partial charge in [-0.05, 0) is 31.5 Å². The van der Waals surface area contributed by atoms with E-state index in [-0.39, 0.29) is 16.5 Å². The predicted molar refractivity (Wildman–Crippen MR) is 73.3 cm³/mol. The normalized spacial score (nSPS) is 12.7. The van der Waals surface area contributed by atoms with Crippen LogP contribution >= 0.6 is 0 Å². The number of benzene rings is 1. The van der Waals surface area contributed by atoms with Crippen molar-refractivity contribution in [2.45, 2.75) is 31.2 Å². The number of aromatic carboxylic acids is 1. The van der Waals surface area contributed by atoms with Gasteiger partial charge in [0.25, 0.3) is 0 Å². The van der Waals surface area contributed by atoms with Crippen LogP contribution in [0.2, 0.25) is 0 Å². The summed E-state index contributed by atoms with van der Waals surface area (Å²) in [6, 6.07) is 4.85. The molecular formula is C13H17NO5S. The van der Waals surface area contributed by atoms with Crippen molar-refractivity contribution < 1.29 is 23.1 Å². The van der Waals surface area contributed by atoms with Gasteiger partial charge >= 0.3 is 5.97 Å². The molecule has 1 aromatic carbocycles. The minimum atomic E-state index is -3.84. The largest absolute Gasteiger partial charge is 0.478 e. The van der Waals surface area contributed by atoms with Gasteiger partial charge in [-0.3, -0.25) is 4.79 Å². The molecule has 0 spiro atoms. The van der Waals surface area contributed by atoms with E-state index >= 15 is 0 Å². The highest BCUT2D eigenvalue weighted by Crippen LogP contribution is 2.13. The van der Waals surface area contributed by atoms with E-state index in [1.54, 1.807) is 6.92 Å². The van der Waals surface area contributed by atoms with Crippen molar-refractivity contribution in [2.24, 2.45) is 0 Å². The standard InChI is InChI=1S/C13H17NO5S/c1-3-9(2)14-12(15)8-20(18,19)11-6-4-5-10(7-11)13(16)17/h4-7,9H,3,8H2,1-2H3,(H,14,15)(H,16,17). The molecule has 1 unspecified atom stereocenters. The Balaban J connectivity index is 2.91. The zero-order valence-electron chi connectivity index (χ0n) is 11.3. The third-order valence-corrected chi connectivity index (χ3v) is 4.40. The zero-order chi connectivity index (χ0) is 15.3. The van der Waals surface area contributed by atoms with Crippen LogP contribution in [-0.4, -0.2) is 37.2 Å². The molecule has 0 saturated carbocycles. The Labute approximate surface area is 117 Å². The van der Waals surface area contributed by atoms with Crippen LogP contribution < -0.4 is 5.32 Å². The molecule has 0 heterocycles. The summed E-state index contributed by atoms with van der Waals surface area (Å²) < 4.78 is 24.1. The Hall–Kier alpha value is -1.89. The van der Waals surface area contributed by atoms with Crippen LogP contribution in [0.5, 0.6) is 0 Å². The Morgan fingerprint density at radius 2 is 2.00 bits per heavy atom. The number of hydrogen-bond acceptors (Lipinski definition) is 4. The van der Waals surface area contributed by atoms with Gasteiger partial charge in [0.2, 0.25) is 5.91 Å². The maximum Gasteiger partial charge on any atom is 0.335 e. The van der Waals surface area contributed by atoms with E-state index in [1.165, 1.54) is 18.2 Å².